The van der Waals surface area contributed by atoms with Crippen LogP contribution in [0.5, 0.6) is 17.2 Å². The Balaban J connectivity index is 1.89. The molecule has 6 nitrogen and oxygen atoms in total. The first-order valence-corrected chi connectivity index (χ1v) is 7.54. The summed E-state index contributed by atoms with van der Waals surface area (Å²) in [5.41, 5.74) is 4.03. The summed E-state index contributed by atoms with van der Waals surface area (Å²) in [6.45, 7) is 1.80. The number of methoxy groups -OCH3 is 1. The number of carbonyl (C=O) groups excluding carboxylic acids is 1. The molecule has 2 rings (SSSR count). The Morgan fingerprint density at radius 1 is 1.08 bits per heavy atom. The van der Waals surface area contributed by atoms with Crippen LogP contribution in [0.3, 0.4) is 0 Å². The highest BCUT2D eigenvalue weighted by Crippen LogP contribution is 2.16. The number of aromatic hydroxyl groups is 1. The molecular weight excluding hydrogens is 308 g/mol. The molecule has 126 valence electrons. The lowest BCUT2D eigenvalue weighted by atomic mass is 10.1. The third-order valence-electron chi connectivity index (χ3n) is 3.28. The van der Waals surface area contributed by atoms with Gasteiger partial charge in [-0.25, -0.2) is 5.43 Å². The minimum Gasteiger partial charge on any atom is -0.508 e. The number of hydrogen-bond acceptors (Lipinski definition) is 5. The van der Waals surface area contributed by atoms with Crippen LogP contribution in [-0.4, -0.2) is 30.4 Å². The smallest absolute Gasteiger partial charge is 0.277 e. The Kier molecular flexibility index (Phi) is 6.19. The zero-order valence-electron chi connectivity index (χ0n) is 13.7. The number of ether oxygens (including phenoxy) is 2. The van der Waals surface area contributed by atoms with Crippen molar-refractivity contribution >= 4 is 11.6 Å². The van der Waals surface area contributed by atoms with E-state index in [1.54, 1.807) is 55.6 Å². The summed E-state index contributed by atoms with van der Waals surface area (Å²) in [5, 5.41) is 13.4. The number of phenolic OH excluding ortho intramolecular Hbond substituents is 1. The van der Waals surface area contributed by atoms with Crippen LogP contribution in [0.4, 0.5) is 0 Å². The fourth-order valence-corrected chi connectivity index (χ4v) is 1.98. The van der Waals surface area contributed by atoms with E-state index in [0.717, 1.165) is 11.3 Å². The molecule has 0 atom stereocenters. The lowest BCUT2D eigenvalue weighted by Gasteiger charge is -2.07. The Labute approximate surface area is 140 Å². The number of nitrogens with one attached hydrogen (secondary N) is 1. The fraction of sp³-hybridized carbons (Fsp3) is 0.222. The first kappa shape index (κ1) is 17.3. The van der Waals surface area contributed by atoms with E-state index >= 15 is 0 Å². The Morgan fingerprint density at radius 2 is 1.71 bits per heavy atom. The maximum absolute atomic E-state index is 11.8. The van der Waals surface area contributed by atoms with Crippen molar-refractivity contribution in [3.63, 3.8) is 0 Å². The van der Waals surface area contributed by atoms with Crippen molar-refractivity contribution in [2.24, 2.45) is 5.10 Å². The van der Waals surface area contributed by atoms with E-state index < -0.39 is 0 Å². The number of hydrazone groups is 1. The number of rotatable bonds is 7. The van der Waals surface area contributed by atoms with Gasteiger partial charge in [0.15, 0.2) is 6.61 Å². The van der Waals surface area contributed by atoms with Gasteiger partial charge in [0.05, 0.1) is 12.8 Å². The largest absolute Gasteiger partial charge is 0.508 e. The number of benzene rings is 2. The second-order valence-corrected chi connectivity index (χ2v) is 4.96. The normalized spacial score (nSPS) is 11.0. The molecule has 0 fully saturated rings. The summed E-state index contributed by atoms with van der Waals surface area (Å²) in [5.74, 6) is 1.13. The lowest BCUT2D eigenvalue weighted by molar-refractivity contribution is -0.123. The zero-order chi connectivity index (χ0) is 17.4. The maximum Gasteiger partial charge on any atom is 0.277 e. The number of nitrogens with zero attached hydrogens (tertiary/aromatic N) is 1. The Bertz CT molecular complexity index is 694. The molecule has 0 saturated carbocycles. The SMILES string of the molecule is CC/C(=N\NC(=O)COc1ccc(OC)cc1)c1ccc(O)cc1. The summed E-state index contributed by atoms with van der Waals surface area (Å²) < 4.78 is 10.4. The van der Waals surface area contributed by atoms with Crippen LogP contribution in [-0.2, 0) is 4.79 Å². The second-order valence-electron chi connectivity index (χ2n) is 4.96. The minimum atomic E-state index is -0.351. The van der Waals surface area contributed by atoms with Crippen molar-refractivity contribution in [3.05, 3.63) is 54.1 Å². The van der Waals surface area contributed by atoms with Gasteiger partial charge in [0.2, 0.25) is 0 Å². The molecule has 0 saturated heterocycles. The van der Waals surface area contributed by atoms with E-state index in [0.29, 0.717) is 17.9 Å². The molecule has 0 aromatic heterocycles. The molecule has 2 aromatic rings. The van der Waals surface area contributed by atoms with Crippen molar-refractivity contribution in [2.45, 2.75) is 13.3 Å². The lowest BCUT2D eigenvalue weighted by Crippen LogP contribution is -2.26. The molecule has 0 aliphatic rings. The highest BCUT2D eigenvalue weighted by atomic mass is 16.5. The van der Waals surface area contributed by atoms with Gasteiger partial charge in [-0.1, -0.05) is 6.92 Å². The summed E-state index contributed by atoms with van der Waals surface area (Å²) in [7, 11) is 1.58. The van der Waals surface area contributed by atoms with Crippen LogP contribution in [0.2, 0.25) is 0 Å². The van der Waals surface area contributed by atoms with Gasteiger partial charge in [-0.05, 0) is 60.5 Å². The van der Waals surface area contributed by atoms with Crippen molar-refractivity contribution < 1.29 is 19.4 Å². The van der Waals surface area contributed by atoms with Crippen molar-refractivity contribution in [3.8, 4) is 17.2 Å². The molecule has 0 aliphatic heterocycles. The van der Waals surface area contributed by atoms with Crippen LogP contribution in [0.25, 0.3) is 0 Å². The van der Waals surface area contributed by atoms with E-state index in [2.05, 4.69) is 10.5 Å². The monoisotopic (exact) mass is 328 g/mol. The highest BCUT2D eigenvalue weighted by molar-refractivity contribution is 6.01. The molecule has 2 N–H and O–H groups in total. The Morgan fingerprint density at radius 3 is 2.29 bits per heavy atom. The van der Waals surface area contributed by atoms with Crippen molar-refractivity contribution in [1.29, 1.82) is 0 Å². The quantitative estimate of drug-likeness (QED) is 0.605. The van der Waals surface area contributed by atoms with Gasteiger partial charge in [-0.15, -0.1) is 0 Å². The molecule has 0 unspecified atom stereocenters. The average Bonchev–Trinajstić information content (AvgIpc) is 2.62. The van der Waals surface area contributed by atoms with Crippen LogP contribution in [0.1, 0.15) is 18.9 Å². The van der Waals surface area contributed by atoms with E-state index in [-0.39, 0.29) is 18.3 Å². The summed E-state index contributed by atoms with van der Waals surface area (Å²) >= 11 is 0. The van der Waals surface area contributed by atoms with Gasteiger partial charge < -0.3 is 14.6 Å². The van der Waals surface area contributed by atoms with E-state index in [9.17, 15) is 9.90 Å². The predicted octanol–water partition coefficient (Wildman–Crippen LogP) is 2.71. The van der Waals surface area contributed by atoms with Crippen molar-refractivity contribution in [1.82, 2.24) is 5.43 Å². The molecule has 6 heteroatoms. The van der Waals surface area contributed by atoms with E-state index in [4.69, 9.17) is 9.47 Å². The Hall–Kier alpha value is -3.02. The fourth-order valence-electron chi connectivity index (χ4n) is 1.98. The van der Waals surface area contributed by atoms with Gasteiger partial charge in [0.25, 0.3) is 5.91 Å². The first-order chi connectivity index (χ1) is 11.6. The molecule has 24 heavy (non-hydrogen) atoms. The molecule has 2 aromatic carbocycles. The summed E-state index contributed by atoms with van der Waals surface area (Å²) in [6, 6.07) is 13.6. The molecule has 0 bridgehead atoms. The summed E-state index contributed by atoms with van der Waals surface area (Å²) in [6.07, 6.45) is 0.643. The molecule has 0 spiro atoms. The molecule has 0 aliphatic carbocycles. The zero-order valence-corrected chi connectivity index (χ0v) is 13.7. The third-order valence-corrected chi connectivity index (χ3v) is 3.28. The standard InChI is InChI=1S/C18H20N2O4/c1-3-17(13-4-6-14(21)7-5-13)19-20-18(22)12-24-16-10-8-15(23-2)9-11-16/h4-11,21H,3,12H2,1-2H3,(H,20,22)/b19-17+. The average molecular weight is 328 g/mol. The molecule has 0 heterocycles. The van der Waals surface area contributed by atoms with E-state index in [1.165, 1.54) is 0 Å². The third kappa shape index (κ3) is 5.01. The summed E-state index contributed by atoms with van der Waals surface area (Å²) in [4.78, 5) is 11.8. The second kappa shape index (κ2) is 8.57. The molecule has 1 amide bonds. The first-order valence-electron chi connectivity index (χ1n) is 7.54. The van der Waals surface area contributed by atoms with Crippen LogP contribution < -0.4 is 14.9 Å². The highest BCUT2D eigenvalue weighted by Gasteiger charge is 2.05. The van der Waals surface area contributed by atoms with Crippen LogP contribution in [0, 0.1) is 0 Å². The van der Waals surface area contributed by atoms with Crippen molar-refractivity contribution in [2.75, 3.05) is 13.7 Å². The van der Waals surface area contributed by atoms with Crippen LogP contribution in [0.15, 0.2) is 53.6 Å². The number of phenols is 1. The van der Waals surface area contributed by atoms with Gasteiger partial charge in [-0.2, -0.15) is 5.10 Å². The topological polar surface area (TPSA) is 80.2 Å². The van der Waals surface area contributed by atoms with Gasteiger partial charge >= 0.3 is 0 Å². The molecular formula is C18H20N2O4. The molecule has 0 radical (unpaired) electrons. The van der Waals surface area contributed by atoms with Gasteiger partial charge in [0, 0.05) is 0 Å². The number of amides is 1. The number of hydrogen-bond donors (Lipinski definition) is 2. The van der Waals surface area contributed by atoms with Crippen LogP contribution >= 0.6 is 0 Å². The predicted molar refractivity (Wildman–Crippen MR) is 91.6 cm³/mol. The van der Waals surface area contributed by atoms with E-state index in [1.807, 2.05) is 6.92 Å². The van der Waals surface area contributed by atoms with Gasteiger partial charge in [-0.3, -0.25) is 4.79 Å². The minimum absolute atomic E-state index is 0.137. The number of carbonyl (C=O) groups is 1. The van der Waals surface area contributed by atoms with Gasteiger partial charge in [0.1, 0.15) is 17.2 Å². The maximum atomic E-state index is 11.8.